The summed E-state index contributed by atoms with van der Waals surface area (Å²) in [6, 6.07) is 11.8. The van der Waals surface area contributed by atoms with Gasteiger partial charge in [0.05, 0.1) is 12.5 Å². The number of likely N-dealkylation sites (tertiary alicyclic amines) is 1. The summed E-state index contributed by atoms with van der Waals surface area (Å²) in [6.45, 7) is 2.92. The molecule has 2 atom stereocenters. The van der Waals surface area contributed by atoms with Crippen LogP contribution >= 0.6 is 11.3 Å². The van der Waals surface area contributed by atoms with Crippen molar-refractivity contribution in [3.05, 3.63) is 52.2 Å². The van der Waals surface area contributed by atoms with E-state index in [1.807, 2.05) is 29.2 Å². The molecule has 4 nitrogen and oxygen atoms in total. The maximum absolute atomic E-state index is 12.5. The van der Waals surface area contributed by atoms with Crippen LogP contribution in [0.5, 0.6) is 5.75 Å². The van der Waals surface area contributed by atoms with Gasteiger partial charge in [-0.3, -0.25) is 4.79 Å². The number of rotatable bonds is 5. The second-order valence-electron chi connectivity index (χ2n) is 6.15. The molecule has 24 heavy (non-hydrogen) atoms. The van der Waals surface area contributed by atoms with Crippen molar-refractivity contribution in [2.75, 3.05) is 13.2 Å². The molecule has 0 spiro atoms. The Bertz CT molecular complexity index is 719. The summed E-state index contributed by atoms with van der Waals surface area (Å²) >= 11 is 1.70. The number of ether oxygens (including phenoxy) is 1. The molecule has 2 heterocycles. The fourth-order valence-corrected chi connectivity index (χ4v) is 3.89. The Kier molecular flexibility index (Phi) is 5.17. The normalized spacial score (nSPS) is 19.9. The fourth-order valence-electron chi connectivity index (χ4n) is 3.15. The molecule has 2 aromatic rings. The van der Waals surface area contributed by atoms with Gasteiger partial charge in [-0.1, -0.05) is 12.1 Å². The predicted molar refractivity (Wildman–Crippen MR) is 94.1 cm³/mol. The fraction of sp³-hybridized carbons (Fsp3) is 0.368. The van der Waals surface area contributed by atoms with Gasteiger partial charge >= 0.3 is 0 Å². The van der Waals surface area contributed by atoms with E-state index in [2.05, 4.69) is 29.8 Å². The van der Waals surface area contributed by atoms with E-state index in [4.69, 9.17) is 10.00 Å². The van der Waals surface area contributed by atoms with E-state index in [9.17, 15) is 4.79 Å². The molecule has 124 valence electrons. The quantitative estimate of drug-likeness (QED) is 0.836. The molecule has 1 aliphatic heterocycles. The van der Waals surface area contributed by atoms with Crippen molar-refractivity contribution >= 4 is 17.2 Å². The third kappa shape index (κ3) is 3.77. The minimum Gasteiger partial charge on any atom is -0.484 e. The van der Waals surface area contributed by atoms with Crippen molar-refractivity contribution in [2.24, 2.45) is 0 Å². The van der Waals surface area contributed by atoms with Crippen LogP contribution in [-0.4, -0.2) is 30.0 Å². The van der Waals surface area contributed by atoms with Gasteiger partial charge in [-0.25, -0.2) is 0 Å². The van der Waals surface area contributed by atoms with Crippen LogP contribution in [-0.2, 0) is 11.2 Å². The number of thiophene rings is 1. The predicted octanol–water partition coefficient (Wildman–Crippen LogP) is 3.60. The van der Waals surface area contributed by atoms with Crippen LogP contribution in [0.2, 0.25) is 0 Å². The molecule has 0 saturated carbocycles. The van der Waals surface area contributed by atoms with Crippen LogP contribution < -0.4 is 4.74 Å². The lowest BCUT2D eigenvalue weighted by Crippen LogP contribution is -2.37. The van der Waals surface area contributed by atoms with Crippen LogP contribution in [0.1, 0.15) is 30.4 Å². The van der Waals surface area contributed by atoms with E-state index in [1.165, 1.54) is 5.56 Å². The summed E-state index contributed by atoms with van der Waals surface area (Å²) in [5.41, 5.74) is 2.28. The van der Waals surface area contributed by atoms with Crippen molar-refractivity contribution < 1.29 is 9.53 Å². The molecule has 0 unspecified atom stereocenters. The summed E-state index contributed by atoms with van der Waals surface area (Å²) < 4.78 is 5.62. The molecule has 1 aromatic carbocycles. The number of benzene rings is 1. The van der Waals surface area contributed by atoms with E-state index >= 15 is 0 Å². The van der Waals surface area contributed by atoms with Gasteiger partial charge in [0, 0.05) is 18.5 Å². The number of amides is 1. The number of nitriles is 1. The average molecular weight is 340 g/mol. The van der Waals surface area contributed by atoms with Gasteiger partial charge in [0.25, 0.3) is 5.91 Å². The van der Waals surface area contributed by atoms with E-state index in [0.29, 0.717) is 18.1 Å². The van der Waals surface area contributed by atoms with Gasteiger partial charge in [0.15, 0.2) is 6.61 Å². The molecule has 1 fully saturated rings. The van der Waals surface area contributed by atoms with Crippen molar-refractivity contribution in [2.45, 2.75) is 31.7 Å². The summed E-state index contributed by atoms with van der Waals surface area (Å²) in [5.74, 6) is 1.12. The van der Waals surface area contributed by atoms with Gasteiger partial charge in [0.1, 0.15) is 5.75 Å². The number of hydrogen-bond acceptors (Lipinski definition) is 4. The lowest BCUT2D eigenvalue weighted by molar-refractivity contribution is -0.133. The standard InChI is InChI=1S/C19H20N2O2S/c1-14-10-17(16-7-9-24-13-16)11-21(14)19(22)12-23-18-4-2-15(3-5-18)6-8-20/h2-5,7,9,13-14,17H,6,10-12H2,1H3/t14-,17+/m0/s1. The van der Waals surface area contributed by atoms with Crippen LogP contribution in [0.15, 0.2) is 41.1 Å². The van der Waals surface area contributed by atoms with Crippen LogP contribution in [0.4, 0.5) is 0 Å². The molecule has 1 saturated heterocycles. The first-order chi connectivity index (χ1) is 11.7. The number of nitrogens with zero attached hydrogens (tertiary/aromatic N) is 2. The van der Waals surface area contributed by atoms with Gasteiger partial charge in [-0.2, -0.15) is 16.6 Å². The van der Waals surface area contributed by atoms with Gasteiger partial charge in [-0.15, -0.1) is 0 Å². The number of hydrogen-bond donors (Lipinski definition) is 0. The lowest BCUT2D eigenvalue weighted by Gasteiger charge is -2.21. The van der Waals surface area contributed by atoms with Crippen LogP contribution in [0.3, 0.4) is 0 Å². The van der Waals surface area contributed by atoms with E-state index in [0.717, 1.165) is 18.5 Å². The monoisotopic (exact) mass is 340 g/mol. The highest BCUT2D eigenvalue weighted by molar-refractivity contribution is 7.07. The molecule has 0 N–H and O–H groups in total. The Morgan fingerprint density at radius 3 is 2.83 bits per heavy atom. The maximum atomic E-state index is 12.5. The van der Waals surface area contributed by atoms with Gasteiger partial charge < -0.3 is 9.64 Å². The molecule has 1 aromatic heterocycles. The molecular formula is C19H20N2O2S. The number of carbonyl (C=O) groups excluding carboxylic acids is 1. The first kappa shape index (κ1) is 16.5. The first-order valence-electron chi connectivity index (χ1n) is 8.07. The Morgan fingerprint density at radius 1 is 1.38 bits per heavy atom. The van der Waals surface area contributed by atoms with Crippen molar-refractivity contribution in [3.63, 3.8) is 0 Å². The maximum Gasteiger partial charge on any atom is 0.260 e. The molecule has 0 radical (unpaired) electrons. The zero-order valence-electron chi connectivity index (χ0n) is 13.6. The minimum atomic E-state index is 0.0290. The Hall–Kier alpha value is -2.32. The second-order valence-corrected chi connectivity index (χ2v) is 6.93. The summed E-state index contributed by atoms with van der Waals surface area (Å²) in [4.78, 5) is 14.4. The molecule has 1 amide bonds. The zero-order valence-corrected chi connectivity index (χ0v) is 14.5. The van der Waals surface area contributed by atoms with Gasteiger partial charge in [0.2, 0.25) is 0 Å². The zero-order chi connectivity index (χ0) is 16.9. The summed E-state index contributed by atoms with van der Waals surface area (Å²) in [6.07, 6.45) is 1.39. The third-order valence-corrected chi connectivity index (χ3v) is 5.18. The highest BCUT2D eigenvalue weighted by atomic mass is 32.1. The second kappa shape index (κ2) is 7.50. The third-order valence-electron chi connectivity index (χ3n) is 4.48. The molecule has 5 heteroatoms. The van der Waals surface area contributed by atoms with E-state index in [1.54, 1.807) is 11.3 Å². The molecule has 0 bridgehead atoms. The Labute approximate surface area is 146 Å². The first-order valence-corrected chi connectivity index (χ1v) is 9.02. The average Bonchev–Trinajstić information content (AvgIpc) is 3.23. The summed E-state index contributed by atoms with van der Waals surface area (Å²) in [7, 11) is 0. The van der Waals surface area contributed by atoms with Crippen molar-refractivity contribution in [3.8, 4) is 11.8 Å². The van der Waals surface area contributed by atoms with Crippen molar-refractivity contribution in [1.29, 1.82) is 5.26 Å². The topological polar surface area (TPSA) is 53.3 Å². The molecule has 1 aliphatic rings. The summed E-state index contributed by atoms with van der Waals surface area (Å²) in [5, 5.41) is 12.9. The highest BCUT2D eigenvalue weighted by Crippen LogP contribution is 2.32. The van der Waals surface area contributed by atoms with Crippen LogP contribution in [0, 0.1) is 11.3 Å². The Morgan fingerprint density at radius 2 is 2.17 bits per heavy atom. The van der Waals surface area contributed by atoms with Gasteiger partial charge in [-0.05, 0) is 53.4 Å². The van der Waals surface area contributed by atoms with Crippen molar-refractivity contribution in [1.82, 2.24) is 4.90 Å². The SMILES string of the molecule is C[C@H]1C[C@@H](c2ccsc2)CN1C(=O)COc1ccc(CC#N)cc1. The highest BCUT2D eigenvalue weighted by Gasteiger charge is 2.33. The molecule has 0 aliphatic carbocycles. The van der Waals surface area contributed by atoms with E-state index in [-0.39, 0.29) is 18.6 Å². The molecule has 3 rings (SSSR count). The van der Waals surface area contributed by atoms with E-state index < -0.39 is 0 Å². The Balaban J connectivity index is 1.54. The smallest absolute Gasteiger partial charge is 0.260 e. The van der Waals surface area contributed by atoms with Crippen LogP contribution in [0.25, 0.3) is 0 Å². The number of carbonyl (C=O) groups is 1. The largest absolute Gasteiger partial charge is 0.484 e. The molecular weight excluding hydrogens is 320 g/mol. The lowest BCUT2D eigenvalue weighted by atomic mass is 10.00. The minimum absolute atomic E-state index is 0.0290.